The van der Waals surface area contributed by atoms with Crippen molar-refractivity contribution in [2.75, 3.05) is 39.6 Å². The van der Waals surface area contributed by atoms with Crippen LogP contribution in [0.3, 0.4) is 0 Å². The quantitative estimate of drug-likeness (QED) is 0.0222. The van der Waals surface area contributed by atoms with E-state index < -0.39 is 97.5 Å². The maximum absolute atomic E-state index is 13.1. The van der Waals surface area contributed by atoms with Crippen molar-refractivity contribution in [2.24, 2.45) is 5.92 Å². The number of aliphatic hydroxyl groups is 1. The van der Waals surface area contributed by atoms with Crippen LogP contribution >= 0.6 is 15.6 Å². The van der Waals surface area contributed by atoms with Gasteiger partial charge in [-0.2, -0.15) is 0 Å². The van der Waals surface area contributed by atoms with E-state index in [0.717, 1.165) is 109 Å². The van der Waals surface area contributed by atoms with Crippen molar-refractivity contribution in [1.29, 1.82) is 0 Å². The monoisotopic (exact) mass is 1380 g/mol. The van der Waals surface area contributed by atoms with E-state index in [1.54, 1.807) is 0 Å². The molecule has 0 radical (unpaired) electrons. The second-order valence-electron chi connectivity index (χ2n) is 27.3. The Morgan fingerprint density at radius 3 is 0.755 bits per heavy atom. The predicted octanol–water partition coefficient (Wildman–Crippen LogP) is 22.1. The third-order valence-corrected chi connectivity index (χ3v) is 19.8. The van der Waals surface area contributed by atoms with Gasteiger partial charge in [0.25, 0.3) is 0 Å². The molecule has 0 aromatic carbocycles. The number of phosphoric acid groups is 2. The van der Waals surface area contributed by atoms with Crippen LogP contribution in [0.25, 0.3) is 0 Å². The van der Waals surface area contributed by atoms with Crippen molar-refractivity contribution in [3.8, 4) is 0 Å². The summed E-state index contributed by atoms with van der Waals surface area (Å²) in [5, 5.41) is 10.6. The van der Waals surface area contributed by atoms with Crippen LogP contribution in [0.15, 0.2) is 0 Å². The van der Waals surface area contributed by atoms with Gasteiger partial charge < -0.3 is 33.8 Å². The first-order valence-electron chi connectivity index (χ1n) is 39.2. The van der Waals surface area contributed by atoms with Gasteiger partial charge in [0.2, 0.25) is 0 Å². The Balaban J connectivity index is 5.16. The summed E-state index contributed by atoms with van der Waals surface area (Å²) in [4.78, 5) is 72.6. The zero-order valence-electron chi connectivity index (χ0n) is 61.1. The summed E-state index contributed by atoms with van der Waals surface area (Å²) >= 11 is 0. The summed E-state index contributed by atoms with van der Waals surface area (Å²) in [5.74, 6) is -1.35. The number of hydrogen-bond acceptors (Lipinski definition) is 15. The Bertz CT molecular complexity index is 1810. The van der Waals surface area contributed by atoms with Gasteiger partial charge in [-0.1, -0.05) is 343 Å². The third-order valence-electron chi connectivity index (χ3n) is 17.9. The summed E-state index contributed by atoms with van der Waals surface area (Å²) in [6.45, 7) is 7.24. The number of unbranched alkanes of at least 4 members (excludes halogenated alkanes) is 46. The van der Waals surface area contributed by atoms with Crippen molar-refractivity contribution >= 4 is 39.5 Å². The number of hydrogen-bond donors (Lipinski definition) is 3. The summed E-state index contributed by atoms with van der Waals surface area (Å²) in [6, 6.07) is 0. The molecule has 0 spiro atoms. The summed E-state index contributed by atoms with van der Waals surface area (Å²) in [7, 11) is -9.90. The SMILES string of the molecule is CCCCCCCCCCCCCCCCCCCCCCCC(=O)O[C@H](COC(=O)CCCCCCCCCCCCCCCC)COP(=O)(O)OC[C@@H](O)COP(=O)(O)OC[C@@H](COC(=O)CCCCCCCCC)OC(=O)CCCCCCCCCCC(C)CC. The summed E-state index contributed by atoms with van der Waals surface area (Å²) in [5.41, 5.74) is 0. The van der Waals surface area contributed by atoms with Gasteiger partial charge in [-0.15, -0.1) is 0 Å². The van der Waals surface area contributed by atoms with Gasteiger partial charge in [0, 0.05) is 25.7 Å². The maximum Gasteiger partial charge on any atom is 0.472 e. The van der Waals surface area contributed by atoms with Gasteiger partial charge >= 0.3 is 39.5 Å². The highest BCUT2D eigenvalue weighted by molar-refractivity contribution is 7.47. The molecule has 94 heavy (non-hydrogen) atoms. The summed E-state index contributed by atoms with van der Waals surface area (Å²) < 4.78 is 68.4. The van der Waals surface area contributed by atoms with Crippen molar-refractivity contribution in [3.63, 3.8) is 0 Å². The molecular weight excluding hydrogens is 1230 g/mol. The second kappa shape index (κ2) is 68.2. The summed E-state index contributed by atoms with van der Waals surface area (Å²) in [6.07, 6.45) is 57.1. The fourth-order valence-electron chi connectivity index (χ4n) is 11.5. The zero-order valence-corrected chi connectivity index (χ0v) is 62.9. The lowest BCUT2D eigenvalue weighted by Crippen LogP contribution is -2.30. The van der Waals surface area contributed by atoms with Gasteiger partial charge in [0.05, 0.1) is 26.4 Å². The molecule has 0 saturated heterocycles. The van der Waals surface area contributed by atoms with Gasteiger partial charge in [0.15, 0.2) is 12.2 Å². The van der Waals surface area contributed by atoms with E-state index in [1.165, 1.54) is 205 Å². The topological polar surface area (TPSA) is 237 Å². The van der Waals surface area contributed by atoms with E-state index in [1.807, 2.05) is 0 Å². The van der Waals surface area contributed by atoms with E-state index in [0.29, 0.717) is 25.7 Å². The first kappa shape index (κ1) is 92.1. The molecule has 0 rings (SSSR count). The average molecular weight is 1380 g/mol. The minimum absolute atomic E-state index is 0.105. The smallest absolute Gasteiger partial charge is 0.462 e. The van der Waals surface area contributed by atoms with E-state index >= 15 is 0 Å². The van der Waals surface area contributed by atoms with Gasteiger partial charge in [-0.25, -0.2) is 9.13 Å². The average Bonchev–Trinajstić information content (AvgIpc) is 1.72. The van der Waals surface area contributed by atoms with Gasteiger partial charge in [-0.05, 0) is 31.6 Å². The molecule has 0 aliphatic rings. The van der Waals surface area contributed by atoms with Crippen molar-refractivity contribution in [1.82, 2.24) is 0 Å². The fraction of sp³-hybridized carbons (Fsp3) is 0.947. The highest BCUT2D eigenvalue weighted by Crippen LogP contribution is 2.45. The number of carbonyl (C=O) groups is 4. The Morgan fingerprint density at radius 2 is 0.511 bits per heavy atom. The predicted molar refractivity (Wildman–Crippen MR) is 382 cm³/mol. The number of carbonyl (C=O) groups excluding carboxylic acids is 4. The molecule has 0 aromatic heterocycles. The first-order chi connectivity index (χ1) is 45.6. The minimum Gasteiger partial charge on any atom is -0.462 e. The standard InChI is InChI=1S/C75H146O17P2/c1-6-10-13-16-19-21-23-25-27-28-29-30-31-32-33-35-37-39-45-50-55-60-74(79)91-71(65-86-73(78)59-54-49-44-38-36-34-26-24-22-20-17-14-11-7-2)67-90-94(83,84)88-63-69(76)62-87-93(81,82)89-66-70(64-85-72(77)58-53-48-42-18-15-12-8-3)92-75(80)61-56-51-46-41-40-43-47-52-57-68(5)9-4/h68-71,76H,6-67H2,1-5H3,(H,81,82)(H,83,84)/t68?,69-,70+,71+/m0/s1. The normalized spacial score (nSPS) is 14.3. The maximum atomic E-state index is 13.1. The molecule has 0 fully saturated rings. The number of phosphoric ester groups is 2. The second-order valence-corrected chi connectivity index (χ2v) is 30.2. The van der Waals surface area contributed by atoms with Gasteiger partial charge in [-0.3, -0.25) is 37.3 Å². The Kier molecular flexibility index (Phi) is 66.8. The molecule has 0 heterocycles. The third kappa shape index (κ3) is 67.3. The lowest BCUT2D eigenvalue weighted by atomic mass is 9.99. The molecule has 17 nitrogen and oxygen atoms in total. The number of esters is 4. The van der Waals surface area contributed by atoms with E-state index in [2.05, 4.69) is 34.6 Å². The first-order valence-corrected chi connectivity index (χ1v) is 42.2. The van der Waals surface area contributed by atoms with Crippen LogP contribution in [0.4, 0.5) is 0 Å². The fourth-order valence-corrected chi connectivity index (χ4v) is 13.1. The molecule has 3 unspecified atom stereocenters. The molecule has 3 N–H and O–H groups in total. The molecule has 0 bridgehead atoms. The van der Waals surface area contributed by atoms with E-state index in [-0.39, 0.29) is 25.7 Å². The Labute approximate surface area is 575 Å². The molecule has 0 saturated carbocycles. The number of aliphatic hydroxyl groups excluding tert-OH is 1. The number of rotatable bonds is 75. The van der Waals surface area contributed by atoms with Crippen LogP contribution in [-0.4, -0.2) is 96.7 Å². The van der Waals surface area contributed by atoms with Gasteiger partial charge in [0.1, 0.15) is 19.3 Å². The highest BCUT2D eigenvalue weighted by atomic mass is 31.2. The minimum atomic E-state index is -4.95. The lowest BCUT2D eigenvalue weighted by Gasteiger charge is -2.21. The molecule has 6 atom stereocenters. The van der Waals surface area contributed by atoms with E-state index in [9.17, 15) is 43.2 Å². The van der Waals surface area contributed by atoms with Crippen molar-refractivity contribution < 1.29 is 80.2 Å². The lowest BCUT2D eigenvalue weighted by molar-refractivity contribution is -0.161. The Morgan fingerprint density at radius 1 is 0.298 bits per heavy atom. The van der Waals surface area contributed by atoms with E-state index in [4.69, 9.17) is 37.0 Å². The van der Waals surface area contributed by atoms with Crippen LogP contribution < -0.4 is 0 Å². The van der Waals surface area contributed by atoms with Crippen LogP contribution in [-0.2, 0) is 65.4 Å². The molecule has 19 heteroatoms. The molecule has 0 amide bonds. The van der Waals surface area contributed by atoms with Crippen LogP contribution in [0.2, 0.25) is 0 Å². The molecular formula is C75H146O17P2. The highest BCUT2D eigenvalue weighted by Gasteiger charge is 2.30. The Hall–Kier alpha value is -1.94. The molecule has 0 aliphatic carbocycles. The molecule has 0 aliphatic heterocycles. The van der Waals surface area contributed by atoms with Crippen LogP contribution in [0.5, 0.6) is 0 Å². The van der Waals surface area contributed by atoms with Crippen molar-refractivity contribution in [3.05, 3.63) is 0 Å². The molecule has 0 aromatic rings. The van der Waals surface area contributed by atoms with Crippen molar-refractivity contribution in [2.45, 2.75) is 412 Å². The van der Waals surface area contributed by atoms with Crippen LogP contribution in [0.1, 0.15) is 394 Å². The zero-order chi connectivity index (χ0) is 69.1. The van der Waals surface area contributed by atoms with Crippen LogP contribution in [0, 0.1) is 5.92 Å². The molecule has 558 valence electrons. The number of ether oxygens (including phenoxy) is 4. The largest absolute Gasteiger partial charge is 0.472 e.